The molecule has 0 aliphatic heterocycles. The second-order valence-corrected chi connectivity index (χ2v) is 4.83. The van der Waals surface area contributed by atoms with Gasteiger partial charge in [-0.2, -0.15) is 13.2 Å². The standard InChI is InChI=1S/C13H8ClF3OS/c14-11-8-10(9-4-2-1-3-5-9)6-7-12(11)18-19-13(15,16)17/h1-8H. The van der Waals surface area contributed by atoms with Crippen LogP contribution in [-0.4, -0.2) is 5.51 Å². The van der Waals surface area contributed by atoms with Crippen LogP contribution in [0.1, 0.15) is 0 Å². The van der Waals surface area contributed by atoms with Crippen LogP contribution in [0.2, 0.25) is 5.02 Å². The molecule has 0 bridgehead atoms. The molecule has 0 heterocycles. The molecule has 2 aromatic carbocycles. The third-order valence-electron chi connectivity index (χ3n) is 2.26. The molecule has 2 aromatic rings. The lowest BCUT2D eigenvalue weighted by Crippen LogP contribution is -2.02. The zero-order chi connectivity index (χ0) is 13.9. The molecule has 0 aromatic heterocycles. The summed E-state index contributed by atoms with van der Waals surface area (Å²) in [5.41, 5.74) is -2.71. The normalized spacial score (nSPS) is 11.4. The molecule has 0 atom stereocenters. The Kier molecular flexibility index (Phi) is 4.27. The summed E-state index contributed by atoms with van der Waals surface area (Å²) < 4.78 is 40.6. The van der Waals surface area contributed by atoms with E-state index in [1.54, 1.807) is 12.1 Å². The Morgan fingerprint density at radius 3 is 2.21 bits per heavy atom. The highest BCUT2D eigenvalue weighted by atomic mass is 35.5. The summed E-state index contributed by atoms with van der Waals surface area (Å²) in [7, 11) is 0. The SMILES string of the molecule is FC(F)(F)SOc1ccc(-c2ccccc2)cc1Cl. The molecule has 19 heavy (non-hydrogen) atoms. The number of hydrogen-bond acceptors (Lipinski definition) is 2. The second-order valence-electron chi connectivity index (χ2n) is 3.62. The molecule has 0 saturated heterocycles. The summed E-state index contributed by atoms with van der Waals surface area (Å²) in [6, 6.07) is 14.0. The minimum atomic E-state index is -4.46. The van der Waals surface area contributed by atoms with Gasteiger partial charge < -0.3 is 4.18 Å². The summed E-state index contributed by atoms with van der Waals surface area (Å²) >= 11 is 5.32. The van der Waals surface area contributed by atoms with Crippen molar-refractivity contribution in [3.63, 3.8) is 0 Å². The first kappa shape index (κ1) is 14.1. The first-order valence-electron chi connectivity index (χ1n) is 5.23. The predicted octanol–water partition coefficient (Wildman–Crippen LogP) is 5.55. The van der Waals surface area contributed by atoms with Gasteiger partial charge in [-0.25, -0.2) is 0 Å². The van der Waals surface area contributed by atoms with Crippen LogP contribution in [0.15, 0.2) is 48.5 Å². The number of hydrogen-bond donors (Lipinski definition) is 0. The highest BCUT2D eigenvalue weighted by molar-refractivity contribution is 7.95. The van der Waals surface area contributed by atoms with Gasteiger partial charge in [0.15, 0.2) is 17.8 Å². The van der Waals surface area contributed by atoms with Crippen LogP contribution in [0, 0.1) is 0 Å². The lowest BCUT2D eigenvalue weighted by Gasteiger charge is -2.09. The van der Waals surface area contributed by atoms with E-state index in [4.69, 9.17) is 11.6 Å². The lowest BCUT2D eigenvalue weighted by molar-refractivity contribution is -0.0369. The van der Waals surface area contributed by atoms with Crippen LogP contribution in [0.5, 0.6) is 5.75 Å². The molecule has 0 fully saturated rings. The van der Waals surface area contributed by atoms with Gasteiger partial charge in [-0.15, -0.1) is 0 Å². The highest BCUT2D eigenvalue weighted by Gasteiger charge is 2.31. The molecule has 0 aliphatic rings. The average Bonchev–Trinajstić information content (AvgIpc) is 2.37. The predicted molar refractivity (Wildman–Crippen MR) is 71.2 cm³/mol. The quantitative estimate of drug-likeness (QED) is 0.687. The number of benzene rings is 2. The fraction of sp³-hybridized carbons (Fsp3) is 0.0769. The highest BCUT2D eigenvalue weighted by Crippen LogP contribution is 2.37. The fourth-order valence-electron chi connectivity index (χ4n) is 1.47. The van der Waals surface area contributed by atoms with Crippen molar-refractivity contribution in [2.24, 2.45) is 0 Å². The van der Waals surface area contributed by atoms with Gasteiger partial charge >= 0.3 is 5.51 Å². The Balaban J connectivity index is 2.18. The molecule has 0 radical (unpaired) electrons. The van der Waals surface area contributed by atoms with E-state index in [9.17, 15) is 13.2 Å². The van der Waals surface area contributed by atoms with Crippen molar-refractivity contribution in [3.05, 3.63) is 53.6 Å². The van der Waals surface area contributed by atoms with E-state index in [0.29, 0.717) is 0 Å². The van der Waals surface area contributed by atoms with Gasteiger partial charge in [-0.05, 0) is 23.3 Å². The van der Waals surface area contributed by atoms with Crippen LogP contribution in [-0.2, 0) is 0 Å². The van der Waals surface area contributed by atoms with Gasteiger partial charge in [0.2, 0.25) is 0 Å². The number of rotatable bonds is 3. The Morgan fingerprint density at radius 1 is 0.947 bits per heavy atom. The Bertz CT molecular complexity index is 558. The topological polar surface area (TPSA) is 9.23 Å². The number of halogens is 4. The van der Waals surface area contributed by atoms with Crippen LogP contribution >= 0.6 is 23.6 Å². The minimum absolute atomic E-state index is 0.0105. The molecule has 0 saturated carbocycles. The zero-order valence-corrected chi connectivity index (χ0v) is 11.0. The first-order valence-corrected chi connectivity index (χ1v) is 6.35. The van der Waals surface area contributed by atoms with Crippen molar-refractivity contribution in [2.75, 3.05) is 0 Å². The zero-order valence-electron chi connectivity index (χ0n) is 9.45. The van der Waals surface area contributed by atoms with Gasteiger partial charge in [0.25, 0.3) is 0 Å². The first-order chi connectivity index (χ1) is 8.96. The van der Waals surface area contributed by atoms with Gasteiger partial charge in [0.1, 0.15) is 0 Å². The molecule has 0 N–H and O–H groups in total. The molecule has 6 heteroatoms. The van der Waals surface area contributed by atoms with E-state index in [2.05, 4.69) is 4.18 Å². The van der Waals surface area contributed by atoms with Crippen molar-refractivity contribution in [1.82, 2.24) is 0 Å². The van der Waals surface area contributed by atoms with E-state index in [-0.39, 0.29) is 10.8 Å². The van der Waals surface area contributed by atoms with E-state index >= 15 is 0 Å². The molecule has 0 amide bonds. The molecule has 2 rings (SSSR count). The molecule has 0 unspecified atom stereocenters. The summed E-state index contributed by atoms with van der Waals surface area (Å²) in [4.78, 5) is 0. The smallest absolute Gasteiger partial charge is 0.416 e. The number of alkyl halides is 3. The van der Waals surface area contributed by atoms with E-state index in [0.717, 1.165) is 11.1 Å². The van der Waals surface area contributed by atoms with Gasteiger partial charge in [0.05, 0.1) is 5.02 Å². The maximum atomic E-state index is 12.0. The van der Waals surface area contributed by atoms with Gasteiger partial charge in [-0.3, -0.25) is 0 Å². The third kappa shape index (κ3) is 4.08. The molecule has 0 aliphatic carbocycles. The lowest BCUT2D eigenvalue weighted by atomic mass is 10.1. The summed E-state index contributed by atoms with van der Waals surface area (Å²) in [6.07, 6.45) is 0. The van der Waals surface area contributed by atoms with Crippen molar-refractivity contribution in [1.29, 1.82) is 0 Å². The van der Waals surface area contributed by atoms with E-state index in [1.165, 1.54) is 6.07 Å². The van der Waals surface area contributed by atoms with E-state index < -0.39 is 17.6 Å². The van der Waals surface area contributed by atoms with Crippen LogP contribution in [0.3, 0.4) is 0 Å². The van der Waals surface area contributed by atoms with Crippen molar-refractivity contribution in [2.45, 2.75) is 5.51 Å². The molecular formula is C13H8ClF3OS. The van der Waals surface area contributed by atoms with Crippen molar-refractivity contribution in [3.8, 4) is 16.9 Å². The Hall–Kier alpha value is -1.33. The summed E-state index contributed by atoms with van der Waals surface area (Å²) in [5.74, 6) is -0.0105. The Labute approximate surface area is 117 Å². The van der Waals surface area contributed by atoms with Crippen LogP contribution in [0.25, 0.3) is 11.1 Å². The maximum absolute atomic E-state index is 12.0. The molecular weight excluding hydrogens is 297 g/mol. The van der Waals surface area contributed by atoms with Crippen LogP contribution < -0.4 is 4.18 Å². The molecule has 1 nitrogen and oxygen atoms in total. The summed E-state index contributed by atoms with van der Waals surface area (Å²) in [5, 5.41) is 0.137. The fourth-order valence-corrected chi connectivity index (χ4v) is 2.07. The minimum Gasteiger partial charge on any atom is -0.416 e. The molecule has 0 spiro atoms. The van der Waals surface area contributed by atoms with Crippen molar-refractivity contribution < 1.29 is 17.4 Å². The second kappa shape index (κ2) is 5.75. The average molecular weight is 305 g/mol. The molecule has 100 valence electrons. The largest absolute Gasteiger partial charge is 0.479 e. The van der Waals surface area contributed by atoms with Crippen LogP contribution in [0.4, 0.5) is 13.2 Å². The summed E-state index contributed by atoms with van der Waals surface area (Å²) in [6.45, 7) is 0. The van der Waals surface area contributed by atoms with Gasteiger partial charge in [0, 0.05) is 0 Å². The maximum Gasteiger partial charge on any atom is 0.479 e. The van der Waals surface area contributed by atoms with Crippen molar-refractivity contribution >= 4 is 23.6 Å². The monoisotopic (exact) mass is 304 g/mol. The van der Waals surface area contributed by atoms with E-state index in [1.807, 2.05) is 30.3 Å². The Morgan fingerprint density at radius 2 is 1.63 bits per heavy atom. The third-order valence-corrected chi connectivity index (χ3v) is 3.01. The van der Waals surface area contributed by atoms with Gasteiger partial charge in [-0.1, -0.05) is 48.0 Å².